The molecule has 0 aliphatic heterocycles. The molecular formula is C16H20ClN3. The van der Waals surface area contributed by atoms with Gasteiger partial charge in [-0.2, -0.15) is 0 Å². The number of hydrogen-bond donors (Lipinski definition) is 2. The molecule has 106 valence electrons. The molecule has 2 rings (SSSR count). The summed E-state index contributed by atoms with van der Waals surface area (Å²) < 4.78 is 0. The Morgan fingerprint density at radius 2 is 1.75 bits per heavy atom. The van der Waals surface area contributed by atoms with Gasteiger partial charge in [0.1, 0.15) is 0 Å². The summed E-state index contributed by atoms with van der Waals surface area (Å²) >= 11 is 6.09. The average Bonchev–Trinajstić information content (AvgIpc) is 2.37. The molecule has 0 amide bonds. The summed E-state index contributed by atoms with van der Waals surface area (Å²) in [7, 11) is 4.08. The van der Waals surface area contributed by atoms with Gasteiger partial charge in [-0.25, -0.2) is 0 Å². The first-order chi connectivity index (χ1) is 9.38. The minimum absolute atomic E-state index is 0.568. The third kappa shape index (κ3) is 2.99. The second kappa shape index (κ2) is 5.63. The minimum atomic E-state index is 0.568. The van der Waals surface area contributed by atoms with Gasteiger partial charge in [-0.3, -0.25) is 0 Å². The molecule has 0 aliphatic carbocycles. The van der Waals surface area contributed by atoms with Crippen molar-refractivity contribution in [2.45, 2.75) is 13.8 Å². The molecule has 0 heterocycles. The zero-order valence-corrected chi connectivity index (χ0v) is 13.0. The summed E-state index contributed by atoms with van der Waals surface area (Å²) in [5.41, 5.74) is 11.9. The van der Waals surface area contributed by atoms with Gasteiger partial charge in [0.05, 0.1) is 10.7 Å². The van der Waals surface area contributed by atoms with Gasteiger partial charge in [-0.15, -0.1) is 0 Å². The highest BCUT2D eigenvalue weighted by Gasteiger charge is 2.06. The first-order valence-corrected chi connectivity index (χ1v) is 6.87. The van der Waals surface area contributed by atoms with E-state index in [1.54, 1.807) is 0 Å². The average molecular weight is 290 g/mol. The predicted molar refractivity (Wildman–Crippen MR) is 89.4 cm³/mol. The van der Waals surface area contributed by atoms with Crippen molar-refractivity contribution in [3.05, 3.63) is 46.5 Å². The van der Waals surface area contributed by atoms with E-state index in [0.717, 1.165) is 16.9 Å². The van der Waals surface area contributed by atoms with E-state index in [2.05, 4.69) is 35.3 Å². The van der Waals surface area contributed by atoms with Gasteiger partial charge in [0.15, 0.2) is 0 Å². The summed E-state index contributed by atoms with van der Waals surface area (Å²) in [6, 6.07) is 10.0. The molecular weight excluding hydrogens is 270 g/mol. The molecule has 3 nitrogen and oxygen atoms in total. The van der Waals surface area contributed by atoms with Gasteiger partial charge in [0, 0.05) is 31.2 Å². The Hall–Kier alpha value is -1.87. The van der Waals surface area contributed by atoms with Crippen LogP contribution in [0.1, 0.15) is 11.1 Å². The van der Waals surface area contributed by atoms with Crippen LogP contribution >= 0.6 is 11.6 Å². The van der Waals surface area contributed by atoms with Crippen molar-refractivity contribution in [3.63, 3.8) is 0 Å². The second-order valence-electron chi connectivity index (χ2n) is 5.21. The maximum Gasteiger partial charge on any atom is 0.0656 e. The maximum absolute atomic E-state index is 6.09. The van der Waals surface area contributed by atoms with E-state index in [-0.39, 0.29) is 0 Å². The fourth-order valence-corrected chi connectivity index (χ4v) is 2.33. The van der Waals surface area contributed by atoms with Gasteiger partial charge < -0.3 is 16.0 Å². The Labute approximate surface area is 125 Å². The van der Waals surface area contributed by atoms with Crippen LogP contribution in [-0.4, -0.2) is 14.1 Å². The molecule has 20 heavy (non-hydrogen) atoms. The zero-order valence-electron chi connectivity index (χ0n) is 12.3. The lowest BCUT2D eigenvalue weighted by Crippen LogP contribution is -2.10. The summed E-state index contributed by atoms with van der Waals surface area (Å²) in [6.45, 7) is 4.11. The van der Waals surface area contributed by atoms with Crippen LogP contribution in [0.5, 0.6) is 0 Å². The van der Waals surface area contributed by atoms with Gasteiger partial charge in [0.2, 0.25) is 0 Å². The van der Waals surface area contributed by atoms with Crippen LogP contribution < -0.4 is 16.0 Å². The quantitative estimate of drug-likeness (QED) is 0.826. The number of hydrogen-bond acceptors (Lipinski definition) is 3. The van der Waals surface area contributed by atoms with E-state index in [1.165, 1.54) is 11.3 Å². The first kappa shape index (κ1) is 14.5. The van der Waals surface area contributed by atoms with Crippen molar-refractivity contribution < 1.29 is 0 Å². The predicted octanol–water partition coefficient (Wildman–Crippen LogP) is 4.35. The summed E-state index contributed by atoms with van der Waals surface area (Å²) in [4.78, 5) is 2.10. The standard InChI is InChI=1S/C16H20ClN3/c1-10-5-6-12(8-16(10)20(3)4)19-15-9-13(17)14(18)7-11(15)2/h5-9,19H,18H2,1-4H3. The number of halogens is 1. The largest absolute Gasteiger partial charge is 0.398 e. The number of nitrogens with two attached hydrogens (primary N) is 1. The van der Waals surface area contributed by atoms with E-state index < -0.39 is 0 Å². The van der Waals surface area contributed by atoms with Crippen LogP contribution in [0.2, 0.25) is 5.02 Å². The SMILES string of the molecule is Cc1cc(N)c(Cl)cc1Nc1ccc(C)c(N(C)C)c1. The Kier molecular flexibility index (Phi) is 4.09. The van der Waals surface area contributed by atoms with Crippen molar-refractivity contribution in [1.82, 2.24) is 0 Å². The van der Waals surface area contributed by atoms with E-state index in [4.69, 9.17) is 17.3 Å². The number of nitrogen functional groups attached to an aromatic ring is 1. The first-order valence-electron chi connectivity index (χ1n) is 6.49. The Balaban J connectivity index is 2.35. The van der Waals surface area contributed by atoms with Crippen LogP contribution in [0.3, 0.4) is 0 Å². The van der Waals surface area contributed by atoms with Crippen LogP contribution in [0.15, 0.2) is 30.3 Å². The van der Waals surface area contributed by atoms with Crippen molar-refractivity contribution >= 4 is 34.4 Å². The topological polar surface area (TPSA) is 41.3 Å². The molecule has 0 unspecified atom stereocenters. The third-order valence-electron chi connectivity index (χ3n) is 3.31. The van der Waals surface area contributed by atoms with Gasteiger partial charge in [-0.05, 0) is 49.2 Å². The van der Waals surface area contributed by atoms with Crippen molar-refractivity contribution in [2.24, 2.45) is 0 Å². The minimum Gasteiger partial charge on any atom is -0.398 e. The van der Waals surface area contributed by atoms with Gasteiger partial charge in [-0.1, -0.05) is 17.7 Å². The monoisotopic (exact) mass is 289 g/mol. The van der Waals surface area contributed by atoms with E-state index in [1.807, 2.05) is 33.2 Å². The van der Waals surface area contributed by atoms with Gasteiger partial charge >= 0.3 is 0 Å². The molecule has 0 fully saturated rings. The molecule has 3 N–H and O–H groups in total. The highest BCUT2D eigenvalue weighted by Crippen LogP contribution is 2.30. The zero-order chi connectivity index (χ0) is 14.9. The van der Waals surface area contributed by atoms with Crippen molar-refractivity contribution in [1.29, 1.82) is 0 Å². The van der Waals surface area contributed by atoms with Crippen LogP contribution in [0, 0.1) is 13.8 Å². The number of benzene rings is 2. The molecule has 4 heteroatoms. The molecule has 0 aromatic heterocycles. The Bertz CT molecular complexity index is 636. The van der Waals surface area contributed by atoms with Crippen LogP contribution in [-0.2, 0) is 0 Å². The normalized spacial score (nSPS) is 10.4. The fourth-order valence-electron chi connectivity index (χ4n) is 2.16. The molecule has 0 atom stereocenters. The van der Waals surface area contributed by atoms with E-state index >= 15 is 0 Å². The lowest BCUT2D eigenvalue weighted by atomic mass is 10.1. The number of nitrogens with one attached hydrogen (secondary N) is 1. The fraction of sp³-hybridized carbons (Fsp3) is 0.250. The highest BCUT2D eigenvalue weighted by molar-refractivity contribution is 6.33. The van der Waals surface area contributed by atoms with E-state index in [9.17, 15) is 0 Å². The van der Waals surface area contributed by atoms with E-state index in [0.29, 0.717) is 10.7 Å². The number of rotatable bonds is 3. The number of aryl methyl sites for hydroxylation is 2. The molecule has 0 aliphatic rings. The third-order valence-corrected chi connectivity index (χ3v) is 3.64. The number of anilines is 4. The molecule has 0 saturated carbocycles. The lowest BCUT2D eigenvalue weighted by Gasteiger charge is -2.18. The Morgan fingerprint density at radius 3 is 2.40 bits per heavy atom. The van der Waals surface area contributed by atoms with Crippen LogP contribution in [0.25, 0.3) is 0 Å². The highest BCUT2D eigenvalue weighted by atomic mass is 35.5. The van der Waals surface area contributed by atoms with Gasteiger partial charge in [0.25, 0.3) is 0 Å². The smallest absolute Gasteiger partial charge is 0.0656 e. The number of nitrogens with zero attached hydrogens (tertiary/aromatic N) is 1. The van der Waals surface area contributed by atoms with Crippen molar-refractivity contribution in [2.75, 3.05) is 30.0 Å². The molecule has 0 spiro atoms. The summed E-state index contributed by atoms with van der Waals surface area (Å²) in [5.74, 6) is 0. The molecule has 2 aromatic carbocycles. The molecule has 2 aromatic rings. The van der Waals surface area contributed by atoms with Crippen molar-refractivity contribution in [3.8, 4) is 0 Å². The Morgan fingerprint density at radius 1 is 1.05 bits per heavy atom. The second-order valence-corrected chi connectivity index (χ2v) is 5.62. The maximum atomic E-state index is 6.09. The van der Waals surface area contributed by atoms with Crippen LogP contribution in [0.4, 0.5) is 22.7 Å². The summed E-state index contributed by atoms with van der Waals surface area (Å²) in [5, 5.41) is 3.96. The lowest BCUT2D eigenvalue weighted by molar-refractivity contribution is 1.11. The molecule has 0 saturated heterocycles. The summed E-state index contributed by atoms with van der Waals surface area (Å²) in [6.07, 6.45) is 0. The molecule has 0 bridgehead atoms. The molecule has 0 radical (unpaired) electrons.